The summed E-state index contributed by atoms with van der Waals surface area (Å²) in [7, 11) is 0. The Hall–Kier alpha value is -2.96. The van der Waals surface area contributed by atoms with Crippen LogP contribution < -0.4 is 5.32 Å². The van der Waals surface area contributed by atoms with Crippen LogP contribution in [0.15, 0.2) is 51.5 Å². The molecule has 0 saturated carbocycles. The van der Waals surface area contributed by atoms with Crippen molar-refractivity contribution in [2.75, 3.05) is 0 Å². The average Bonchev–Trinajstić information content (AvgIpc) is 3.23. The molecule has 0 aliphatic rings. The van der Waals surface area contributed by atoms with Crippen LogP contribution in [0.3, 0.4) is 0 Å². The Morgan fingerprint density at radius 2 is 2.00 bits per heavy atom. The summed E-state index contributed by atoms with van der Waals surface area (Å²) in [6.07, 6.45) is 2.11. The predicted octanol–water partition coefficient (Wildman–Crippen LogP) is 2.72. The first kappa shape index (κ1) is 15.0. The topological polar surface area (TPSA) is 81.2 Å². The highest BCUT2D eigenvalue weighted by Gasteiger charge is 2.11. The second-order valence-electron chi connectivity index (χ2n) is 4.86. The van der Waals surface area contributed by atoms with Crippen LogP contribution in [-0.2, 0) is 17.8 Å². The molecule has 1 N–H and O–H groups in total. The van der Waals surface area contributed by atoms with Crippen LogP contribution in [-0.4, -0.2) is 16.1 Å². The molecule has 0 spiro atoms. The number of nitrogens with one attached hydrogen (secondary N) is 1. The minimum Gasteiger partial charge on any atom is -0.467 e. The highest BCUT2D eigenvalue weighted by Crippen LogP contribution is 2.18. The molecule has 0 saturated heterocycles. The highest BCUT2D eigenvalue weighted by atomic mass is 19.1. The lowest BCUT2D eigenvalue weighted by molar-refractivity contribution is -0.121. The van der Waals surface area contributed by atoms with Crippen molar-refractivity contribution >= 4 is 5.91 Å². The second kappa shape index (κ2) is 6.87. The zero-order valence-electron chi connectivity index (χ0n) is 12.2. The van der Waals surface area contributed by atoms with Gasteiger partial charge in [-0.3, -0.25) is 4.79 Å². The van der Waals surface area contributed by atoms with Gasteiger partial charge < -0.3 is 14.2 Å². The molecule has 0 bridgehead atoms. The molecule has 23 heavy (non-hydrogen) atoms. The van der Waals surface area contributed by atoms with Gasteiger partial charge in [-0.25, -0.2) is 4.39 Å². The van der Waals surface area contributed by atoms with E-state index in [-0.39, 0.29) is 18.1 Å². The van der Waals surface area contributed by atoms with Crippen molar-refractivity contribution in [2.45, 2.75) is 19.4 Å². The van der Waals surface area contributed by atoms with Gasteiger partial charge in [0.25, 0.3) is 0 Å². The number of benzene rings is 1. The largest absolute Gasteiger partial charge is 0.467 e. The Morgan fingerprint density at radius 3 is 2.74 bits per heavy atom. The fourth-order valence-electron chi connectivity index (χ4n) is 1.97. The van der Waals surface area contributed by atoms with Crippen LogP contribution in [0.1, 0.15) is 18.1 Å². The molecule has 1 aromatic carbocycles. The van der Waals surface area contributed by atoms with E-state index in [2.05, 4.69) is 15.5 Å². The van der Waals surface area contributed by atoms with Crippen molar-refractivity contribution in [1.29, 1.82) is 0 Å². The number of rotatable bonds is 6. The van der Waals surface area contributed by atoms with Gasteiger partial charge in [-0.1, -0.05) is 0 Å². The van der Waals surface area contributed by atoms with E-state index in [0.29, 0.717) is 36.1 Å². The van der Waals surface area contributed by atoms with Crippen molar-refractivity contribution in [2.24, 2.45) is 0 Å². The monoisotopic (exact) mass is 315 g/mol. The molecular weight excluding hydrogens is 301 g/mol. The molecular formula is C16H14FN3O3. The van der Waals surface area contributed by atoms with Gasteiger partial charge in [0.2, 0.25) is 17.7 Å². The van der Waals surface area contributed by atoms with E-state index in [1.807, 2.05) is 0 Å². The van der Waals surface area contributed by atoms with Crippen LogP contribution in [0.2, 0.25) is 0 Å². The van der Waals surface area contributed by atoms with Gasteiger partial charge in [-0.15, -0.1) is 10.2 Å². The second-order valence-corrected chi connectivity index (χ2v) is 4.86. The normalized spacial score (nSPS) is 10.7. The lowest BCUT2D eigenvalue weighted by atomic mass is 10.2. The van der Waals surface area contributed by atoms with Crippen LogP contribution in [0.4, 0.5) is 4.39 Å². The van der Waals surface area contributed by atoms with Crippen LogP contribution in [0, 0.1) is 5.82 Å². The number of halogens is 1. The summed E-state index contributed by atoms with van der Waals surface area (Å²) in [6, 6.07) is 9.30. The molecule has 0 aliphatic heterocycles. The van der Waals surface area contributed by atoms with Crippen molar-refractivity contribution < 1.29 is 18.0 Å². The Balaban J connectivity index is 1.50. The number of hydrogen-bond donors (Lipinski definition) is 1. The third kappa shape index (κ3) is 4.03. The fourth-order valence-corrected chi connectivity index (χ4v) is 1.97. The zero-order chi connectivity index (χ0) is 16.1. The number of aromatic nitrogens is 2. The number of furan rings is 1. The van der Waals surface area contributed by atoms with Crippen molar-refractivity contribution in [1.82, 2.24) is 15.5 Å². The standard InChI is InChI=1S/C16H14FN3O3/c17-12-5-3-11(4-6-12)16-20-19-15(23-16)8-7-14(21)18-10-13-2-1-9-22-13/h1-6,9H,7-8,10H2,(H,18,21). The van der Waals surface area contributed by atoms with E-state index in [4.69, 9.17) is 8.83 Å². The quantitative estimate of drug-likeness (QED) is 0.756. The molecule has 3 rings (SSSR count). The zero-order valence-corrected chi connectivity index (χ0v) is 12.2. The number of aryl methyl sites for hydroxylation is 1. The van der Waals surface area contributed by atoms with Gasteiger partial charge in [-0.05, 0) is 36.4 Å². The van der Waals surface area contributed by atoms with E-state index in [1.165, 1.54) is 12.1 Å². The fraction of sp³-hybridized carbons (Fsp3) is 0.188. The van der Waals surface area contributed by atoms with Gasteiger partial charge in [-0.2, -0.15) is 0 Å². The van der Waals surface area contributed by atoms with Gasteiger partial charge in [0, 0.05) is 18.4 Å². The first-order chi connectivity index (χ1) is 11.2. The van der Waals surface area contributed by atoms with Gasteiger partial charge in [0.05, 0.1) is 12.8 Å². The minimum atomic E-state index is -0.332. The van der Waals surface area contributed by atoms with Crippen LogP contribution in [0.5, 0.6) is 0 Å². The Bertz CT molecular complexity index is 766. The van der Waals surface area contributed by atoms with Crippen molar-refractivity contribution in [3.05, 3.63) is 60.1 Å². The van der Waals surface area contributed by atoms with Gasteiger partial charge in [0.1, 0.15) is 11.6 Å². The van der Waals surface area contributed by atoms with Gasteiger partial charge in [0.15, 0.2) is 0 Å². The maximum atomic E-state index is 12.9. The minimum absolute atomic E-state index is 0.136. The summed E-state index contributed by atoms with van der Waals surface area (Å²) in [5, 5.41) is 10.5. The molecule has 0 fully saturated rings. The average molecular weight is 315 g/mol. The molecule has 1 amide bonds. The predicted molar refractivity (Wildman–Crippen MR) is 78.6 cm³/mol. The molecule has 2 aromatic heterocycles. The summed E-state index contributed by atoms with van der Waals surface area (Å²) < 4.78 is 23.5. The summed E-state index contributed by atoms with van der Waals surface area (Å²) in [4.78, 5) is 11.7. The van der Waals surface area contributed by atoms with Crippen LogP contribution >= 0.6 is 0 Å². The number of hydrogen-bond acceptors (Lipinski definition) is 5. The van der Waals surface area contributed by atoms with E-state index >= 15 is 0 Å². The van der Waals surface area contributed by atoms with Crippen molar-refractivity contribution in [3.8, 4) is 11.5 Å². The maximum Gasteiger partial charge on any atom is 0.247 e. The summed E-state index contributed by atoms with van der Waals surface area (Å²) in [5.74, 6) is 0.882. The molecule has 0 unspecified atom stereocenters. The summed E-state index contributed by atoms with van der Waals surface area (Å²) >= 11 is 0. The number of nitrogens with zero attached hydrogens (tertiary/aromatic N) is 2. The molecule has 6 nitrogen and oxygen atoms in total. The van der Waals surface area contributed by atoms with Gasteiger partial charge >= 0.3 is 0 Å². The number of carbonyl (C=O) groups excluding carboxylic acids is 1. The summed E-state index contributed by atoms with van der Waals surface area (Å²) in [6.45, 7) is 0.344. The smallest absolute Gasteiger partial charge is 0.247 e. The lowest BCUT2D eigenvalue weighted by Gasteiger charge is -2.01. The molecule has 0 aliphatic carbocycles. The molecule has 2 heterocycles. The van der Waals surface area contributed by atoms with Crippen molar-refractivity contribution in [3.63, 3.8) is 0 Å². The lowest BCUT2D eigenvalue weighted by Crippen LogP contribution is -2.22. The first-order valence-corrected chi connectivity index (χ1v) is 7.08. The third-order valence-corrected chi connectivity index (χ3v) is 3.16. The Labute approximate surface area is 131 Å². The highest BCUT2D eigenvalue weighted by molar-refractivity contribution is 5.75. The third-order valence-electron chi connectivity index (χ3n) is 3.16. The van der Waals surface area contributed by atoms with Crippen LogP contribution in [0.25, 0.3) is 11.5 Å². The summed E-state index contributed by atoms with van der Waals surface area (Å²) in [5.41, 5.74) is 0.632. The van der Waals surface area contributed by atoms with E-state index in [0.717, 1.165) is 0 Å². The first-order valence-electron chi connectivity index (χ1n) is 7.08. The number of carbonyl (C=O) groups is 1. The maximum absolute atomic E-state index is 12.9. The Kier molecular flexibility index (Phi) is 4.46. The van der Waals surface area contributed by atoms with E-state index in [9.17, 15) is 9.18 Å². The molecule has 118 valence electrons. The van der Waals surface area contributed by atoms with E-state index in [1.54, 1.807) is 30.5 Å². The molecule has 0 radical (unpaired) electrons. The van der Waals surface area contributed by atoms with E-state index < -0.39 is 0 Å². The SMILES string of the molecule is O=C(CCc1nnc(-c2ccc(F)cc2)o1)NCc1ccco1. The molecule has 0 atom stereocenters. The Morgan fingerprint density at radius 1 is 1.17 bits per heavy atom. The molecule has 3 aromatic rings. The number of amides is 1. The molecule has 7 heteroatoms.